The molecule has 1 saturated heterocycles. The van der Waals surface area contributed by atoms with Gasteiger partial charge in [0, 0.05) is 19.1 Å². The summed E-state index contributed by atoms with van der Waals surface area (Å²) < 4.78 is 11.1. The molecule has 5 nitrogen and oxygen atoms in total. The van der Waals surface area contributed by atoms with Crippen LogP contribution in [0.1, 0.15) is 68.5 Å². The maximum Gasteiger partial charge on any atom is 0.337 e. The minimum atomic E-state index is -0.323. The first kappa shape index (κ1) is 19.4. The van der Waals surface area contributed by atoms with Crippen molar-refractivity contribution in [3.63, 3.8) is 0 Å². The molecular formula is C23H31NO4. The second-order valence-electron chi connectivity index (χ2n) is 9.31. The van der Waals surface area contributed by atoms with Crippen LogP contribution in [0.5, 0.6) is 0 Å². The van der Waals surface area contributed by atoms with Crippen molar-refractivity contribution in [3.05, 3.63) is 35.4 Å². The van der Waals surface area contributed by atoms with E-state index >= 15 is 0 Å². The average Bonchev–Trinajstić information content (AvgIpc) is 3.19. The van der Waals surface area contributed by atoms with Crippen molar-refractivity contribution in [1.82, 2.24) is 5.32 Å². The zero-order valence-electron chi connectivity index (χ0n) is 17.3. The van der Waals surface area contributed by atoms with Crippen LogP contribution in [0.2, 0.25) is 0 Å². The molecule has 1 N–H and O–H groups in total. The Balaban J connectivity index is 1.64. The van der Waals surface area contributed by atoms with Crippen LogP contribution in [0.3, 0.4) is 0 Å². The van der Waals surface area contributed by atoms with E-state index in [1.165, 1.54) is 13.5 Å². The van der Waals surface area contributed by atoms with Crippen LogP contribution in [0.4, 0.5) is 0 Å². The highest BCUT2D eigenvalue weighted by Crippen LogP contribution is 2.70. The quantitative estimate of drug-likeness (QED) is 0.799. The zero-order chi connectivity index (χ0) is 20.1. The SMILES string of the molecule is CCC(=O)N[C@@H]1C(C)(C)[C@@H]2C[C@@H]3[C@@H](c4ccc(C(=O)OC)cc4)OCCC31C2. The minimum Gasteiger partial charge on any atom is -0.465 e. The molecule has 4 rings (SSSR count). The second-order valence-corrected chi connectivity index (χ2v) is 9.31. The number of amides is 1. The third-order valence-electron chi connectivity index (χ3n) is 7.79. The molecule has 1 heterocycles. The normalized spacial score (nSPS) is 35.3. The van der Waals surface area contributed by atoms with Gasteiger partial charge in [-0.2, -0.15) is 0 Å². The summed E-state index contributed by atoms with van der Waals surface area (Å²) in [7, 11) is 1.39. The number of rotatable bonds is 4. The Morgan fingerprint density at radius 1 is 1.25 bits per heavy atom. The number of benzene rings is 1. The Labute approximate surface area is 167 Å². The predicted octanol–water partition coefficient (Wildman–Crippen LogP) is 3.88. The fourth-order valence-electron chi connectivity index (χ4n) is 6.31. The topological polar surface area (TPSA) is 64.6 Å². The Bertz CT molecular complexity index is 771. The summed E-state index contributed by atoms with van der Waals surface area (Å²) in [6, 6.07) is 7.81. The first-order valence-electron chi connectivity index (χ1n) is 10.4. The van der Waals surface area contributed by atoms with Crippen molar-refractivity contribution in [3.8, 4) is 0 Å². The van der Waals surface area contributed by atoms with Crippen LogP contribution in [0.15, 0.2) is 24.3 Å². The van der Waals surface area contributed by atoms with E-state index in [4.69, 9.17) is 9.47 Å². The molecule has 1 unspecified atom stereocenters. The molecular weight excluding hydrogens is 354 g/mol. The largest absolute Gasteiger partial charge is 0.465 e. The maximum atomic E-state index is 12.3. The number of esters is 1. The van der Waals surface area contributed by atoms with Crippen molar-refractivity contribution in [1.29, 1.82) is 0 Å². The van der Waals surface area contributed by atoms with Crippen LogP contribution in [-0.4, -0.2) is 31.6 Å². The molecule has 1 spiro atoms. The van der Waals surface area contributed by atoms with Gasteiger partial charge in [0.2, 0.25) is 5.91 Å². The maximum absolute atomic E-state index is 12.3. The highest BCUT2D eigenvalue weighted by Gasteiger charge is 2.68. The molecule has 3 fully saturated rings. The number of fused-ring (bicyclic) bond motifs is 1. The van der Waals surface area contributed by atoms with Gasteiger partial charge in [-0.1, -0.05) is 32.9 Å². The lowest BCUT2D eigenvalue weighted by Crippen LogP contribution is -2.58. The fourth-order valence-corrected chi connectivity index (χ4v) is 6.31. The van der Waals surface area contributed by atoms with Crippen molar-refractivity contribution >= 4 is 11.9 Å². The number of hydrogen-bond donors (Lipinski definition) is 1. The molecule has 5 atom stereocenters. The van der Waals surface area contributed by atoms with E-state index in [2.05, 4.69) is 19.2 Å². The standard InChI is InChI=1S/C23H31NO4/c1-5-18(25)24-21-22(2,3)16-12-17-19(28-11-10-23(17,21)13-16)14-6-8-15(9-7-14)20(26)27-4/h6-9,16-17,19,21H,5,10-13H2,1-4H3,(H,24,25)/t16-,17-,19-,21-,23?/m1/s1. The fraction of sp³-hybridized carbons (Fsp3) is 0.652. The number of nitrogens with one attached hydrogen (secondary N) is 1. The lowest BCUT2D eigenvalue weighted by atomic mass is 9.59. The molecule has 1 aromatic rings. The summed E-state index contributed by atoms with van der Waals surface area (Å²) in [5.41, 5.74) is 1.88. The van der Waals surface area contributed by atoms with Gasteiger partial charge in [0.1, 0.15) is 0 Å². The summed E-state index contributed by atoms with van der Waals surface area (Å²) in [6.45, 7) is 7.26. The monoisotopic (exact) mass is 385 g/mol. The first-order valence-corrected chi connectivity index (χ1v) is 10.4. The molecule has 0 aromatic heterocycles. The summed E-state index contributed by atoms with van der Waals surface area (Å²) in [6.07, 6.45) is 3.84. The van der Waals surface area contributed by atoms with Crippen LogP contribution >= 0.6 is 0 Å². The van der Waals surface area contributed by atoms with E-state index in [-0.39, 0.29) is 34.9 Å². The van der Waals surface area contributed by atoms with E-state index in [1.807, 2.05) is 31.2 Å². The Morgan fingerprint density at radius 2 is 1.96 bits per heavy atom. The highest BCUT2D eigenvalue weighted by molar-refractivity contribution is 5.89. The third kappa shape index (κ3) is 2.78. The predicted molar refractivity (Wildman–Crippen MR) is 106 cm³/mol. The molecule has 3 aliphatic rings. The van der Waals surface area contributed by atoms with E-state index in [0.29, 0.717) is 30.4 Å². The molecule has 2 saturated carbocycles. The molecule has 152 valence electrons. The Hall–Kier alpha value is -1.88. The van der Waals surface area contributed by atoms with Gasteiger partial charge in [0.05, 0.1) is 18.8 Å². The molecule has 0 radical (unpaired) electrons. The van der Waals surface area contributed by atoms with Gasteiger partial charge in [-0.25, -0.2) is 4.79 Å². The van der Waals surface area contributed by atoms with Crippen molar-refractivity contribution in [2.45, 2.75) is 58.6 Å². The molecule has 2 aliphatic carbocycles. The van der Waals surface area contributed by atoms with Crippen molar-refractivity contribution < 1.29 is 19.1 Å². The van der Waals surface area contributed by atoms with Gasteiger partial charge in [-0.05, 0) is 59.6 Å². The number of methoxy groups -OCH3 is 1. The molecule has 1 aliphatic heterocycles. The van der Waals surface area contributed by atoms with Crippen molar-refractivity contribution in [2.24, 2.45) is 22.7 Å². The lowest BCUT2D eigenvalue weighted by Gasteiger charge is -2.53. The van der Waals surface area contributed by atoms with Gasteiger partial charge in [0.15, 0.2) is 0 Å². The lowest BCUT2D eigenvalue weighted by molar-refractivity contribution is -0.137. The summed E-state index contributed by atoms with van der Waals surface area (Å²) in [5, 5.41) is 3.39. The molecule has 1 aromatic carbocycles. The average molecular weight is 386 g/mol. The molecule has 28 heavy (non-hydrogen) atoms. The van der Waals surface area contributed by atoms with Crippen LogP contribution in [0.25, 0.3) is 0 Å². The number of ether oxygens (including phenoxy) is 2. The van der Waals surface area contributed by atoms with Gasteiger partial charge in [-0.15, -0.1) is 0 Å². The highest BCUT2D eigenvalue weighted by atomic mass is 16.5. The Morgan fingerprint density at radius 3 is 2.61 bits per heavy atom. The second kappa shape index (κ2) is 6.87. The Kier molecular flexibility index (Phi) is 4.77. The van der Waals surface area contributed by atoms with Gasteiger partial charge < -0.3 is 14.8 Å². The minimum absolute atomic E-state index is 0.0163. The van der Waals surface area contributed by atoms with E-state index < -0.39 is 0 Å². The zero-order valence-corrected chi connectivity index (χ0v) is 17.3. The smallest absolute Gasteiger partial charge is 0.337 e. The summed E-state index contributed by atoms with van der Waals surface area (Å²) >= 11 is 0. The van der Waals surface area contributed by atoms with E-state index in [0.717, 1.165) is 18.4 Å². The van der Waals surface area contributed by atoms with E-state index in [9.17, 15) is 9.59 Å². The van der Waals surface area contributed by atoms with Gasteiger partial charge in [0.25, 0.3) is 0 Å². The molecule has 5 heteroatoms. The summed E-state index contributed by atoms with van der Waals surface area (Å²) in [5.74, 6) is 0.810. The number of hydrogen-bond acceptors (Lipinski definition) is 4. The number of carbonyl (C=O) groups is 2. The van der Waals surface area contributed by atoms with Crippen LogP contribution in [-0.2, 0) is 14.3 Å². The van der Waals surface area contributed by atoms with Crippen molar-refractivity contribution in [2.75, 3.05) is 13.7 Å². The van der Waals surface area contributed by atoms with Crippen LogP contribution in [0, 0.1) is 22.7 Å². The molecule has 2 bridgehead atoms. The van der Waals surface area contributed by atoms with Crippen LogP contribution < -0.4 is 5.32 Å². The third-order valence-corrected chi connectivity index (χ3v) is 7.79. The first-order chi connectivity index (χ1) is 13.3. The molecule has 1 amide bonds. The van der Waals surface area contributed by atoms with Gasteiger partial charge >= 0.3 is 5.97 Å². The van der Waals surface area contributed by atoms with Gasteiger partial charge in [-0.3, -0.25) is 4.79 Å². The van der Waals surface area contributed by atoms with E-state index in [1.54, 1.807) is 0 Å². The summed E-state index contributed by atoms with van der Waals surface area (Å²) in [4.78, 5) is 24.0. The number of carbonyl (C=O) groups excluding carboxylic acids is 2.